The minimum Gasteiger partial charge on any atom is -0.198 e. The van der Waals surface area contributed by atoms with Crippen molar-refractivity contribution >= 4 is 0 Å². The summed E-state index contributed by atoms with van der Waals surface area (Å²) in [6.07, 6.45) is 11.3. The first-order chi connectivity index (χ1) is 8.23. The van der Waals surface area contributed by atoms with Crippen LogP contribution >= 0.6 is 0 Å². The summed E-state index contributed by atoms with van der Waals surface area (Å²) in [5.74, 6) is 5.79. The van der Waals surface area contributed by atoms with Crippen LogP contribution in [0.2, 0.25) is 0 Å². The van der Waals surface area contributed by atoms with Crippen LogP contribution in [-0.4, -0.2) is 0 Å². The van der Waals surface area contributed by atoms with Crippen molar-refractivity contribution in [1.82, 2.24) is 0 Å². The third-order valence-corrected chi connectivity index (χ3v) is 6.58. The molecule has 0 aromatic carbocycles. The lowest BCUT2D eigenvalue weighted by molar-refractivity contribution is 0.0684. The molecule has 0 amide bonds. The molecule has 0 spiro atoms. The fourth-order valence-electron chi connectivity index (χ4n) is 6.12. The van der Waals surface area contributed by atoms with Crippen molar-refractivity contribution in [3.63, 3.8) is 0 Å². The molecule has 90 valence electrons. The highest BCUT2D eigenvalue weighted by molar-refractivity contribution is 5.22. The van der Waals surface area contributed by atoms with Gasteiger partial charge in [-0.2, -0.15) is 5.26 Å². The molecule has 4 rings (SSSR count). The first-order valence-electron chi connectivity index (χ1n) is 7.28. The molecule has 0 aliphatic heterocycles. The van der Waals surface area contributed by atoms with Gasteiger partial charge in [0.25, 0.3) is 0 Å². The summed E-state index contributed by atoms with van der Waals surface area (Å²) in [6.45, 7) is 2.47. The molecule has 4 bridgehead atoms. The molecule has 7 atom stereocenters. The van der Waals surface area contributed by atoms with Gasteiger partial charge in [-0.25, -0.2) is 0 Å². The average Bonchev–Trinajstić information content (AvgIpc) is 3.02. The van der Waals surface area contributed by atoms with Gasteiger partial charge in [-0.3, -0.25) is 0 Å². The Labute approximate surface area is 104 Å². The summed E-state index contributed by atoms with van der Waals surface area (Å²) >= 11 is 0. The van der Waals surface area contributed by atoms with Gasteiger partial charge in [-0.1, -0.05) is 19.1 Å². The van der Waals surface area contributed by atoms with Crippen molar-refractivity contribution in [3.8, 4) is 6.07 Å². The SMILES string of the molecule is CC1(CCC#N)CC2CC1C1C3C=CC(C3)C21. The number of hydrogen-bond acceptors (Lipinski definition) is 1. The lowest BCUT2D eigenvalue weighted by Gasteiger charge is -2.43. The number of hydrogen-bond donors (Lipinski definition) is 0. The van der Waals surface area contributed by atoms with Crippen molar-refractivity contribution in [2.45, 2.75) is 39.0 Å². The molecule has 0 heterocycles. The summed E-state index contributed by atoms with van der Waals surface area (Å²) in [5.41, 5.74) is 0.500. The highest BCUT2D eigenvalue weighted by Gasteiger charge is 2.63. The Bertz CT molecular complexity index is 418. The normalized spacial score (nSPS) is 57.4. The van der Waals surface area contributed by atoms with Crippen LogP contribution in [-0.2, 0) is 0 Å². The third-order valence-electron chi connectivity index (χ3n) is 6.58. The Balaban J connectivity index is 1.63. The Morgan fingerprint density at radius 2 is 2.00 bits per heavy atom. The number of nitriles is 1. The maximum Gasteiger partial charge on any atom is 0.0621 e. The van der Waals surface area contributed by atoms with E-state index in [1.165, 1.54) is 19.3 Å². The van der Waals surface area contributed by atoms with E-state index in [9.17, 15) is 0 Å². The van der Waals surface area contributed by atoms with Gasteiger partial charge in [0.2, 0.25) is 0 Å². The second-order valence-electron chi connectivity index (χ2n) is 7.22. The Morgan fingerprint density at radius 1 is 1.24 bits per heavy atom. The van der Waals surface area contributed by atoms with Crippen molar-refractivity contribution in [1.29, 1.82) is 5.26 Å². The average molecular weight is 227 g/mol. The fourth-order valence-corrected chi connectivity index (χ4v) is 6.12. The van der Waals surface area contributed by atoms with E-state index in [0.717, 1.165) is 48.3 Å². The van der Waals surface area contributed by atoms with Gasteiger partial charge in [0.05, 0.1) is 6.07 Å². The van der Waals surface area contributed by atoms with Crippen LogP contribution in [0.4, 0.5) is 0 Å². The van der Waals surface area contributed by atoms with Crippen molar-refractivity contribution in [3.05, 3.63) is 12.2 Å². The highest BCUT2D eigenvalue weighted by Crippen LogP contribution is 2.71. The zero-order chi connectivity index (χ0) is 11.6. The predicted molar refractivity (Wildman–Crippen MR) is 66.9 cm³/mol. The third kappa shape index (κ3) is 1.15. The molecule has 0 radical (unpaired) electrons. The summed E-state index contributed by atoms with van der Waals surface area (Å²) in [7, 11) is 0. The lowest BCUT2D eigenvalue weighted by Crippen LogP contribution is -2.37. The summed E-state index contributed by atoms with van der Waals surface area (Å²) in [4.78, 5) is 0. The van der Waals surface area contributed by atoms with Crippen LogP contribution in [0.3, 0.4) is 0 Å². The second kappa shape index (κ2) is 3.16. The monoisotopic (exact) mass is 227 g/mol. The highest BCUT2D eigenvalue weighted by atomic mass is 14.7. The summed E-state index contributed by atoms with van der Waals surface area (Å²) < 4.78 is 0. The summed E-state index contributed by atoms with van der Waals surface area (Å²) in [5, 5.41) is 8.84. The molecule has 0 N–H and O–H groups in total. The zero-order valence-corrected chi connectivity index (χ0v) is 10.6. The van der Waals surface area contributed by atoms with Gasteiger partial charge in [0.1, 0.15) is 0 Å². The fraction of sp³-hybridized carbons (Fsp3) is 0.812. The number of nitrogens with zero attached hydrogens (tertiary/aromatic N) is 1. The quantitative estimate of drug-likeness (QED) is 0.520. The minimum atomic E-state index is 0.500. The van der Waals surface area contributed by atoms with Crippen LogP contribution in [0.15, 0.2) is 12.2 Å². The maximum absolute atomic E-state index is 8.84. The minimum absolute atomic E-state index is 0.500. The van der Waals surface area contributed by atoms with Crippen molar-refractivity contribution in [2.24, 2.45) is 40.9 Å². The van der Waals surface area contributed by atoms with Gasteiger partial charge in [-0.05, 0) is 66.6 Å². The second-order valence-corrected chi connectivity index (χ2v) is 7.22. The smallest absolute Gasteiger partial charge is 0.0621 e. The van der Waals surface area contributed by atoms with E-state index in [1.807, 2.05) is 0 Å². The lowest BCUT2D eigenvalue weighted by atomic mass is 9.61. The van der Waals surface area contributed by atoms with Gasteiger partial charge in [0, 0.05) is 6.42 Å². The molecule has 7 unspecified atom stereocenters. The standard InChI is InChI=1S/C16H21N/c1-16(5-2-6-17)9-12-8-13(16)15-11-4-3-10(7-11)14(12)15/h3-4,10-15H,2,5,7-9H2,1H3. The topological polar surface area (TPSA) is 23.8 Å². The van der Waals surface area contributed by atoms with Crippen LogP contribution in [0.25, 0.3) is 0 Å². The summed E-state index contributed by atoms with van der Waals surface area (Å²) in [6, 6.07) is 2.36. The Kier molecular flexibility index (Phi) is 1.89. The Morgan fingerprint density at radius 3 is 2.76 bits per heavy atom. The molecule has 17 heavy (non-hydrogen) atoms. The van der Waals surface area contributed by atoms with Crippen molar-refractivity contribution < 1.29 is 0 Å². The van der Waals surface area contributed by atoms with Gasteiger partial charge in [-0.15, -0.1) is 0 Å². The molecular weight excluding hydrogens is 206 g/mol. The van der Waals surface area contributed by atoms with Gasteiger partial charge >= 0.3 is 0 Å². The molecule has 3 fully saturated rings. The van der Waals surface area contributed by atoms with Crippen LogP contribution < -0.4 is 0 Å². The number of allylic oxidation sites excluding steroid dienone is 2. The molecule has 0 saturated heterocycles. The number of rotatable bonds is 2. The largest absolute Gasteiger partial charge is 0.198 e. The molecule has 0 aromatic rings. The molecule has 0 aromatic heterocycles. The van der Waals surface area contributed by atoms with Crippen molar-refractivity contribution in [2.75, 3.05) is 0 Å². The van der Waals surface area contributed by atoms with Crippen LogP contribution in [0.1, 0.15) is 39.0 Å². The number of fused-ring (bicyclic) bond motifs is 9. The van der Waals surface area contributed by atoms with Crippen LogP contribution in [0, 0.1) is 52.3 Å². The van der Waals surface area contributed by atoms with E-state index in [1.54, 1.807) is 0 Å². The van der Waals surface area contributed by atoms with Crippen LogP contribution in [0.5, 0.6) is 0 Å². The maximum atomic E-state index is 8.84. The molecule has 4 aliphatic rings. The van der Waals surface area contributed by atoms with E-state index in [2.05, 4.69) is 25.1 Å². The molecule has 3 saturated carbocycles. The van der Waals surface area contributed by atoms with E-state index in [-0.39, 0.29) is 0 Å². The molecule has 1 heteroatoms. The van der Waals surface area contributed by atoms with E-state index in [0.29, 0.717) is 5.41 Å². The first kappa shape index (κ1) is 10.2. The molecular formula is C16H21N. The van der Waals surface area contributed by atoms with Gasteiger partial charge in [0.15, 0.2) is 0 Å². The molecule has 1 nitrogen and oxygen atoms in total. The predicted octanol–water partition coefficient (Wildman–Crippen LogP) is 3.77. The van der Waals surface area contributed by atoms with E-state index >= 15 is 0 Å². The Hall–Kier alpha value is -0.770. The van der Waals surface area contributed by atoms with E-state index < -0.39 is 0 Å². The molecule has 4 aliphatic carbocycles. The van der Waals surface area contributed by atoms with E-state index in [4.69, 9.17) is 5.26 Å². The zero-order valence-electron chi connectivity index (χ0n) is 10.6. The first-order valence-corrected chi connectivity index (χ1v) is 7.28. The van der Waals surface area contributed by atoms with Gasteiger partial charge < -0.3 is 0 Å².